The van der Waals surface area contributed by atoms with Gasteiger partial charge in [-0.3, -0.25) is 9.59 Å². The molecule has 1 amide bonds. The number of hydrogen-bond acceptors (Lipinski definition) is 6. The van der Waals surface area contributed by atoms with Crippen LogP contribution in [0.1, 0.15) is 20.9 Å². The number of rotatable bonds is 4. The first-order valence-corrected chi connectivity index (χ1v) is 10.8. The van der Waals surface area contributed by atoms with E-state index < -0.39 is 0 Å². The first-order chi connectivity index (χ1) is 15.5. The number of fused-ring (bicyclic) bond motifs is 2. The van der Waals surface area contributed by atoms with Gasteiger partial charge in [0.25, 0.3) is 5.91 Å². The minimum atomic E-state index is -0.376. The smallest absolute Gasteiger partial charge is 0.281 e. The van der Waals surface area contributed by atoms with E-state index >= 15 is 0 Å². The quantitative estimate of drug-likeness (QED) is 0.303. The number of nitrogens with zero attached hydrogens (tertiary/aromatic N) is 3. The molecular weight excluding hydrogens is 448 g/mol. The molecule has 5 rings (SSSR count). The zero-order valence-corrected chi connectivity index (χ0v) is 18.3. The number of halogens is 1. The molecule has 3 heterocycles. The number of aromatic nitrogens is 2. The zero-order chi connectivity index (χ0) is 22.2. The molecule has 2 aromatic carbocycles. The number of aryl methyl sites for hydroxylation is 1. The summed E-state index contributed by atoms with van der Waals surface area (Å²) in [5.74, 6) is -0.376. The molecule has 0 atom stereocenters. The molecule has 0 spiro atoms. The Bertz CT molecular complexity index is 1570. The summed E-state index contributed by atoms with van der Waals surface area (Å²) in [5.41, 5.74) is 4.56. The molecule has 3 aromatic heterocycles. The third kappa shape index (κ3) is 3.59. The van der Waals surface area contributed by atoms with Gasteiger partial charge in [0.15, 0.2) is 0 Å². The lowest BCUT2D eigenvalue weighted by atomic mass is 10.2. The maximum absolute atomic E-state index is 12.6. The second-order valence-corrected chi connectivity index (χ2v) is 8.49. The first kappa shape index (κ1) is 20.2. The Morgan fingerprint density at radius 1 is 1.19 bits per heavy atom. The Morgan fingerprint density at radius 2 is 2.00 bits per heavy atom. The van der Waals surface area contributed by atoms with Gasteiger partial charge in [0, 0.05) is 16.5 Å². The van der Waals surface area contributed by atoms with Crippen LogP contribution in [0.4, 0.5) is 0 Å². The Hall–Kier alpha value is -3.75. The minimum Gasteiger partial charge on any atom is -0.463 e. The van der Waals surface area contributed by atoms with Crippen LogP contribution in [0.15, 0.2) is 75.2 Å². The molecule has 7 nitrogen and oxygen atoms in total. The number of nitrogens with one attached hydrogen (secondary N) is 1. The van der Waals surface area contributed by atoms with Crippen molar-refractivity contribution in [2.75, 3.05) is 0 Å². The van der Waals surface area contributed by atoms with Gasteiger partial charge in [0.05, 0.1) is 33.4 Å². The first-order valence-electron chi connectivity index (χ1n) is 9.60. The Morgan fingerprint density at radius 3 is 2.81 bits per heavy atom. The van der Waals surface area contributed by atoms with Crippen molar-refractivity contribution in [3.05, 3.63) is 92.2 Å². The van der Waals surface area contributed by atoms with Gasteiger partial charge >= 0.3 is 0 Å². The number of amides is 1. The SMILES string of the molecule is Cc1nn(-c2ccccc2)c2sc(C(=O)N/N=C/c3coc4cc(Cl)ccc4c3=O)cc12. The number of carbonyl (C=O) groups is 1. The van der Waals surface area contributed by atoms with Crippen LogP contribution >= 0.6 is 22.9 Å². The molecule has 32 heavy (non-hydrogen) atoms. The van der Waals surface area contributed by atoms with E-state index in [1.54, 1.807) is 24.3 Å². The van der Waals surface area contributed by atoms with Crippen LogP contribution in [0.2, 0.25) is 5.02 Å². The predicted molar refractivity (Wildman–Crippen MR) is 126 cm³/mol. The van der Waals surface area contributed by atoms with Crippen molar-refractivity contribution in [2.24, 2.45) is 5.10 Å². The lowest BCUT2D eigenvalue weighted by molar-refractivity contribution is 0.0959. The number of carbonyl (C=O) groups excluding carboxylic acids is 1. The molecule has 158 valence electrons. The van der Waals surface area contributed by atoms with Crippen LogP contribution in [0.5, 0.6) is 0 Å². The largest absolute Gasteiger partial charge is 0.463 e. The number of benzene rings is 2. The lowest BCUT2D eigenvalue weighted by Gasteiger charge is -2.01. The second kappa shape index (κ2) is 8.07. The van der Waals surface area contributed by atoms with Crippen molar-refractivity contribution < 1.29 is 9.21 Å². The minimum absolute atomic E-state index is 0.215. The van der Waals surface area contributed by atoms with Crippen molar-refractivity contribution in [2.45, 2.75) is 6.92 Å². The van der Waals surface area contributed by atoms with Gasteiger partial charge < -0.3 is 4.42 Å². The van der Waals surface area contributed by atoms with Gasteiger partial charge in [-0.25, -0.2) is 10.1 Å². The summed E-state index contributed by atoms with van der Waals surface area (Å²) in [7, 11) is 0. The third-order valence-corrected chi connectivity index (χ3v) is 6.25. The Balaban J connectivity index is 1.39. The standard InChI is InChI=1S/C23H15ClN4O3S/c1-13-18-10-20(32-23(18)28(27-13)16-5-3-2-4-6-16)22(30)26-25-11-14-12-31-19-9-15(24)7-8-17(19)21(14)29/h2-12H,1H3,(H,26,30)/b25-11+. The molecule has 1 N–H and O–H groups in total. The van der Waals surface area contributed by atoms with E-state index in [4.69, 9.17) is 16.0 Å². The van der Waals surface area contributed by atoms with E-state index in [0.717, 1.165) is 21.6 Å². The number of hydrogen-bond donors (Lipinski definition) is 1. The summed E-state index contributed by atoms with van der Waals surface area (Å²) in [5, 5.41) is 10.3. The van der Waals surface area contributed by atoms with Crippen molar-refractivity contribution in [1.82, 2.24) is 15.2 Å². The number of thiophene rings is 1. The molecule has 0 aliphatic rings. The Kier molecular flexibility index (Phi) is 5.08. The van der Waals surface area contributed by atoms with Crippen LogP contribution in [-0.4, -0.2) is 21.9 Å². The third-order valence-electron chi connectivity index (χ3n) is 4.90. The monoisotopic (exact) mass is 462 g/mol. The molecule has 0 radical (unpaired) electrons. The van der Waals surface area contributed by atoms with Crippen LogP contribution < -0.4 is 10.9 Å². The fourth-order valence-electron chi connectivity index (χ4n) is 3.33. The van der Waals surface area contributed by atoms with Crippen LogP contribution in [-0.2, 0) is 0 Å². The summed E-state index contributed by atoms with van der Waals surface area (Å²) in [4.78, 5) is 26.6. The maximum atomic E-state index is 12.6. The molecule has 5 aromatic rings. The van der Waals surface area contributed by atoms with Crippen molar-refractivity contribution in [1.29, 1.82) is 0 Å². The summed E-state index contributed by atoms with van der Waals surface area (Å²) in [6.07, 6.45) is 2.55. The van der Waals surface area contributed by atoms with E-state index in [1.807, 2.05) is 41.9 Å². The predicted octanol–water partition coefficient (Wildman–Crippen LogP) is 4.92. The highest BCUT2D eigenvalue weighted by Crippen LogP contribution is 2.30. The Labute approximate surface area is 190 Å². The molecule has 0 fully saturated rings. The molecule has 9 heteroatoms. The molecule has 0 aliphatic carbocycles. The van der Waals surface area contributed by atoms with Gasteiger partial charge in [-0.1, -0.05) is 29.8 Å². The van der Waals surface area contributed by atoms with Crippen molar-refractivity contribution in [3.8, 4) is 5.69 Å². The normalized spacial score (nSPS) is 11.6. The summed E-state index contributed by atoms with van der Waals surface area (Å²) in [6, 6.07) is 16.3. The average molecular weight is 463 g/mol. The zero-order valence-electron chi connectivity index (χ0n) is 16.7. The van der Waals surface area contributed by atoms with Crippen LogP contribution in [0, 0.1) is 6.92 Å². The van der Waals surface area contributed by atoms with Crippen LogP contribution in [0.3, 0.4) is 0 Å². The van der Waals surface area contributed by atoms with Crippen LogP contribution in [0.25, 0.3) is 26.9 Å². The van der Waals surface area contributed by atoms with Crippen molar-refractivity contribution in [3.63, 3.8) is 0 Å². The molecule has 0 saturated carbocycles. The number of hydrazone groups is 1. The van der Waals surface area contributed by atoms with E-state index in [0.29, 0.717) is 20.9 Å². The van der Waals surface area contributed by atoms with Gasteiger partial charge in [0.2, 0.25) is 5.43 Å². The molecular formula is C23H15ClN4O3S. The van der Waals surface area contributed by atoms with Gasteiger partial charge in [-0.2, -0.15) is 10.2 Å². The summed E-state index contributed by atoms with van der Waals surface area (Å²) < 4.78 is 7.27. The highest BCUT2D eigenvalue weighted by molar-refractivity contribution is 7.20. The molecule has 0 saturated heterocycles. The number of para-hydroxylation sites is 1. The average Bonchev–Trinajstić information content (AvgIpc) is 3.36. The van der Waals surface area contributed by atoms with Gasteiger partial charge in [-0.15, -0.1) is 11.3 Å². The van der Waals surface area contributed by atoms with E-state index in [9.17, 15) is 9.59 Å². The van der Waals surface area contributed by atoms with Gasteiger partial charge in [-0.05, 0) is 37.3 Å². The topological polar surface area (TPSA) is 89.5 Å². The second-order valence-electron chi connectivity index (χ2n) is 7.02. The summed E-state index contributed by atoms with van der Waals surface area (Å²) >= 11 is 7.24. The fraction of sp³-hybridized carbons (Fsp3) is 0.0435. The fourth-order valence-corrected chi connectivity index (χ4v) is 4.56. The maximum Gasteiger partial charge on any atom is 0.281 e. The molecule has 0 aliphatic heterocycles. The molecule has 0 bridgehead atoms. The molecule has 0 unspecified atom stereocenters. The van der Waals surface area contributed by atoms with Crippen molar-refractivity contribution >= 4 is 56.2 Å². The lowest BCUT2D eigenvalue weighted by Crippen LogP contribution is -2.17. The van der Waals surface area contributed by atoms with E-state index in [1.165, 1.54) is 23.8 Å². The highest BCUT2D eigenvalue weighted by Gasteiger charge is 2.17. The highest BCUT2D eigenvalue weighted by atomic mass is 35.5. The van der Waals surface area contributed by atoms with E-state index in [-0.39, 0.29) is 16.9 Å². The van der Waals surface area contributed by atoms with Gasteiger partial charge in [0.1, 0.15) is 16.7 Å². The summed E-state index contributed by atoms with van der Waals surface area (Å²) in [6.45, 7) is 1.90. The van der Waals surface area contributed by atoms with E-state index in [2.05, 4.69) is 15.6 Å².